The Bertz CT molecular complexity index is 834. The Morgan fingerprint density at radius 1 is 1.32 bits per heavy atom. The molecule has 0 aromatic carbocycles. The highest BCUT2D eigenvalue weighted by Gasteiger charge is 2.44. The summed E-state index contributed by atoms with van der Waals surface area (Å²) in [6, 6.07) is 0.454. The fourth-order valence-electron chi connectivity index (χ4n) is 3.57. The molecule has 1 fully saturated rings. The molecule has 3 atom stereocenters. The van der Waals surface area contributed by atoms with Crippen LogP contribution in [0.3, 0.4) is 0 Å². The average Bonchev–Trinajstić information content (AvgIpc) is 3.35. The second kappa shape index (κ2) is 10.6. The summed E-state index contributed by atoms with van der Waals surface area (Å²) in [5.74, 6) is -1.66. The predicted octanol–water partition coefficient (Wildman–Crippen LogP) is 0.407. The number of carbonyl (C=O) groups excluding carboxylic acids is 4. The Labute approximate surface area is 182 Å². The third kappa shape index (κ3) is 5.65. The first-order valence-electron chi connectivity index (χ1n) is 10.2. The molecular formula is C21H31N5O5. The molecule has 0 spiro atoms. The number of hydrogen-bond acceptors (Lipinski definition) is 5. The van der Waals surface area contributed by atoms with Crippen molar-refractivity contribution in [1.82, 2.24) is 25.4 Å². The van der Waals surface area contributed by atoms with E-state index in [1.807, 2.05) is 0 Å². The monoisotopic (exact) mass is 433 g/mol. The van der Waals surface area contributed by atoms with Gasteiger partial charge in [0.2, 0.25) is 5.91 Å². The molecule has 0 bridgehead atoms. The molecule has 2 rings (SSSR count). The van der Waals surface area contributed by atoms with Crippen molar-refractivity contribution in [3.63, 3.8) is 0 Å². The lowest BCUT2D eigenvalue weighted by atomic mass is 10.0. The first kappa shape index (κ1) is 24.0. The van der Waals surface area contributed by atoms with Crippen LogP contribution in [0.1, 0.15) is 30.8 Å². The number of rotatable bonds is 8. The molecule has 1 aliphatic rings. The number of nitrogens with one attached hydrogen (secondary N) is 3. The number of ether oxygens (including phenoxy) is 1. The molecule has 1 aliphatic heterocycles. The molecule has 2 heterocycles. The largest absolute Gasteiger partial charge is 0.467 e. The lowest BCUT2D eigenvalue weighted by molar-refractivity contribution is -0.146. The SMILES string of the molecule is C=CCNC(=O)NC1CCN(C(=O)c2cccn2C)C1C(=O)NC(C(=O)OC)C(C)C. The summed E-state index contributed by atoms with van der Waals surface area (Å²) in [6.07, 6.45) is 3.66. The molecule has 10 heteroatoms. The molecular weight excluding hydrogens is 402 g/mol. The Morgan fingerprint density at radius 3 is 2.58 bits per heavy atom. The van der Waals surface area contributed by atoms with Gasteiger partial charge in [-0.25, -0.2) is 9.59 Å². The van der Waals surface area contributed by atoms with E-state index in [-0.39, 0.29) is 24.9 Å². The minimum atomic E-state index is -0.984. The highest BCUT2D eigenvalue weighted by Crippen LogP contribution is 2.22. The van der Waals surface area contributed by atoms with E-state index < -0.39 is 36.0 Å². The van der Waals surface area contributed by atoms with Gasteiger partial charge in [0, 0.05) is 26.3 Å². The van der Waals surface area contributed by atoms with E-state index in [0.29, 0.717) is 12.1 Å². The molecule has 1 saturated heterocycles. The number of carbonyl (C=O) groups is 4. The van der Waals surface area contributed by atoms with Gasteiger partial charge in [-0.15, -0.1) is 6.58 Å². The smallest absolute Gasteiger partial charge is 0.328 e. The highest BCUT2D eigenvalue weighted by atomic mass is 16.5. The molecule has 170 valence electrons. The van der Waals surface area contributed by atoms with Crippen molar-refractivity contribution in [2.45, 2.75) is 38.4 Å². The van der Waals surface area contributed by atoms with E-state index in [1.165, 1.54) is 18.1 Å². The number of methoxy groups -OCH3 is 1. The van der Waals surface area contributed by atoms with Gasteiger partial charge in [-0.2, -0.15) is 0 Å². The summed E-state index contributed by atoms with van der Waals surface area (Å²) in [5, 5.41) is 8.06. The Hall–Kier alpha value is -3.30. The molecule has 1 aromatic rings. The zero-order valence-corrected chi connectivity index (χ0v) is 18.4. The molecule has 3 unspecified atom stereocenters. The van der Waals surface area contributed by atoms with Crippen LogP contribution in [-0.2, 0) is 21.4 Å². The fourth-order valence-corrected chi connectivity index (χ4v) is 3.57. The second-order valence-electron chi connectivity index (χ2n) is 7.74. The summed E-state index contributed by atoms with van der Waals surface area (Å²) in [4.78, 5) is 52.1. The molecule has 0 aliphatic carbocycles. The number of likely N-dealkylation sites (tertiary alicyclic amines) is 1. The minimum absolute atomic E-state index is 0.225. The Morgan fingerprint density at radius 2 is 2.03 bits per heavy atom. The molecule has 0 radical (unpaired) electrons. The molecule has 10 nitrogen and oxygen atoms in total. The van der Waals surface area contributed by atoms with Crippen molar-refractivity contribution in [3.8, 4) is 0 Å². The first-order valence-corrected chi connectivity index (χ1v) is 10.2. The van der Waals surface area contributed by atoms with Crippen molar-refractivity contribution in [2.75, 3.05) is 20.2 Å². The van der Waals surface area contributed by atoms with E-state index >= 15 is 0 Å². The molecule has 3 N–H and O–H groups in total. The van der Waals surface area contributed by atoms with Crippen LogP contribution in [0, 0.1) is 5.92 Å². The van der Waals surface area contributed by atoms with Crippen LogP contribution >= 0.6 is 0 Å². The summed E-state index contributed by atoms with van der Waals surface area (Å²) < 4.78 is 6.46. The normalized spacial score (nSPS) is 18.9. The van der Waals surface area contributed by atoms with Crippen molar-refractivity contribution >= 4 is 23.8 Å². The topological polar surface area (TPSA) is 122 Å². The van der Waals surface area contributed by atoms with Crippen LogP contribution in [-0.4, -0.2) is 71.6 Å². The lowest BCUT2D eigenvalue weighted by Gasteiger charge is -2.30. The first-order chi connectivity index (χ1) is 14.7. The molecule has 31 heavy (non-hydrogen) atoms. The molecule has 1 aromatic heterocycles. The molecule has 4 amide bonds. The van der Waals surface area contributed by atoms with Gasteiger partial charge in [0.25, 0.3) is 5.91 Å². The zero-order chi connectivity index (χ0) is 23.1. The summed E-state index contributed by atoms with van der Waals surface area (Å²) in [6.45, 7) is 7.65. The quantitative estimate of drug-likeness (QED) is 0.405. The number of aromatic nitrogens is 1. The Kier molecular flexibility index (Phi) is 8.23. The van der Waals surface area contributed by atoms with Crippen LogP contribution in [0.2, 0.25) is 0 Å². The summed E-state index contributed by atoms with van der Waals surface area (Å²) in [7, 11) is 2.99. The Balaban J connectivity index is 2.29. The van der Waals surface area contributed by atoms with Gasteiger partial charge in [-0.1, -0.05) is 19.9 Å². The number of nitrogens with zero attached hydrogens (tertiary/aromatic N) is 2. The van der Waals surface area contributed by atoms with Gasteiger partial charge in [-0.05, 0) is 24.5 Å². The minimum Gasteiger partial charge on any atom is -0.467 e. The van der Waals surface area contributed by atoms with Gasteiger partial charge >= 0.3 is 12.0 Å². The maximum Gasteiger partial charge on any atom is 0.328 e. The average molecular weight is 434 g/mol. The van der Waals surface area contributed by atoms with E-state index in [2.05, 4.69) is 22.5 Å². The van der Waals surface area contributed by atoms with Gasteiger partial charge in [0.05, 0.1) is 13.2 Å². The molecule has 0 saturated carbocycles. The summed E-state index contributed by atoms with van der Waals surface area (Å²) in [5.41, 5.74) is 0.419. The lowest BCUT2D eigenvalue weighted by Crippen LogP contribution is -2.59. The second-order valence-corrected chi connectivity index (χ2v) is 7.74. The van der Waals surface area contributed by atoms with Crippen LogP contribution in [0.5, 0.6) is 0 Å². The highest BCUT2D eigenvalue weighted by molar-refractivity contribution is 5.98. The zero-order valence-electron chi connectivity index (χ0n) is 18.4. The maximum absolute atomic E-state index is 13.2. The van der Waals surface area contributed by atoms with Crippen molar-refractivity contribution in [3.05, 3.63) is 36.7 Å². The fraction of sp³-hybridized carbons (Fsp3) is 0.524. The van der Waals surface area contributed by atoms with Crippen LogP contribution < -0.4 is 16.0 Å². The van der Waals surface area contributed by atoms with Crippen LogP contribution in [0.15, 0.2) is 31.0 Å². The standard InChI is InChI=1S/C21H31N5O5/c1-6-10-22-21(30)23-14-9-12-26(19(28)15-8-7-11-25(15)4)17(14)18(27)24-16(13(2)3)20(29)31-5/h6-8,11,13-14,16-17H,1,9-10,12H2,2-5H3,(H,24,27)(H2,22,23,30). The van der Waals surface area contributed by atoms with Gasteiger partial charge in [0.15, 0.2) is 0 Å². The van der Waals surface area contributed by atoms with Crippen molar-refractivity contribution in [1.29, 1.82) is 0 Å². The van der Waals surface area contributed by atoms with E-state index in [4.69, 9.17) is 4.74 Å². The van der Waals surface area contributed by atoms with E-state index in [0.717, 1.165) is 0 Å². The predicted molar refractivity (Wildman–Crippen MR) is 114 cm³/mol. The number of aryl methyl sites for hydroxylation is 1. The third-order valence-corrected chi connectivity index (χ3v) is 5.23. The van der Waals surface area contributed by atoms with Gasteiger partial charge in [0.1, 0.15) is 17.8 Å². The van der Waals surface area contributed by atoms with Gasteiger partial charge < -0.3 is 30.2 Å². The maximum atomic E-state index is 13.2. The van der Waals surface area contributed by atoms with E-state index in [1.54, 1.807) is 43.8 Å². The number of esters is 1. The summed E-state index contributed by atoms with van der Waals surface area (Å²) >= 11 is 0. The van der Waals surface area contributed by atoms with E-state index in [9.17, 15) is 19.2 Å². The number of hydrogen-bond donors (Lipinski definition) is 3. The third-order valence-electron chi connectivity index (χ3n) is 5.23. The number of urea groups is 1. The van der Waals surface area contributed by atoms with Crippen molar-refractivity contribution in [2.24, 2.45) is 13.0 Å². The van der Waals surface area contributed by atoms with Crippen molar-refractivity contribution < 1.29 is 23.9 Å². The van der Waals surface area contributed by atoms with Crippen LogP contribution in [0.25, 0.3) is 0 Å². The van der Waals surface area contributed by atoms with Gasteiger partial charge in [-0.3, -0.25) is 9.59 Å². The number of amides is 4. The van der Waals surface area contributed by atoms with Crippen LogP contribution in [0.4, 0.5) is 4.79 Å².